The van der Waals surface area contributed by atoms with Crippen LogP contribution in [-0.4, -0.2) is 7.38 Å². The van der Waals surface area contributed by atoms with Crippen LogP contribution in [0.4, 0.5) is 0 Å². The van der Waals surface area contributed by atoms with Crippen LogP contribution in [0.5, 0.6) is 0 Å². The van der Waals surface area contributed by atoms with Crippen LogP contribution in [0.3, 0.4) is 0 Å². The van der Waals surface area contributed by atoms with Crippen LogP contribution in [0.2, 0.25) is 15.1 Å². The van der Waals surface area contributed by atoms with Crippen molar-refractivity contribution in [2.75, 3.05) is 0 Å². The SMILES string of the molecule is Clc1ccc2ccccc2c1[Si](Cl)(c1c(Cl)ccc2ccccc12)c1c(Cl)ccc2ccccc12. The maximum absolute atomic E-state index is 8.15. The van der Waals surface area contributed by atoms with Gasteiger partial charge in [-0.15, -0.1) is 11.1 Å². The molecule has 0 aliphatic carbocycles. The zero-order valence-electron chi connectivity index (χ0n) is 18.4. The van der Waals surface area contributed by atoms with E-state index in [1.807, 2.05) is 72.8 Å². The van der Waals surface area contributed by atoms with Crippen molar-refractivity contribution in [2.45, 2.75) is 0 Å². The third-order valence-electron chi connectivity index (χ3n) is 6.67. The van der Waals surface area contributed by atoms with E-state index in [2.05, 4.69) is 36.4 Å². The van der Waals surface area contributed by atoms with Gasteiger partial charge in [0.15, 0.2) is 0 Å². The summed E-state index contributed by atoms with van der Waals surface area (Å²) in [5.74, 6) is 0. The molecule has 0 radical (unpaired) electrons. The highest BCUT2D eigenvalue weighted by Gasteiger charge is 2.46. The average molecular weight is 548 g/mol. The fraction of sp³-hybridized carbons (Fsp3) is 0. The zero-order valence-corrected chi connectivity index (χ0v) is 22.4. The van der Waals surface area contributed by atoms with Gasteiger partial charge in [-0.05, 0) is 66.1 Å². The van der Waals surface area contributed by atoms with Crippen molar-refractivity contribution in [2.24, 2.45) is 0 Å². The quantitative estimate of drug-likeness (QED) is 0.119. The molecule has 0 bridgehead atoms. The second-order valence-corrected chi connectivity index (χ2v) is 14.3. The lowest BCUT2D eigenvalue weighted by Crippen LogP contribution is -2.64. The van der Waals surface area contributed by atoms with Gasteiger partial charge in [0.05, 0.1) is 0 Å². The molecule has 0 aliphatic heterocycles. The monoisotopic (exact) mass is 546 g/mol. The summed E-state index contributed by atoms with van der Waals surface area (Å²) in [7, 11) is -3.43. The highest BCUT2D eigenvalue weighted by molar-refractivity contribution is 7.43. The van der Waals surface area contributed by atoms with Crippen LogP contribution in [0.15, 0.2) is 109 Å². The first kappa shape index (κ1) is 22.9. The number of benzene rings is 6. The third kappa shape index (κ3) is 3.57. The molecule has 6 aromatic rings. The molecule has 35 heavy (non-hydrogen) atoms. The molecule has 6 aromatic carbocycles. The van der Waals surface area contributed by atoms with Gasteiger partial charge in [-0.1, -0.05) is 126 Å². The molecular weight excluding hydrogens is 530 g/mol. The zero-order chi connectivity index (χ0) is 24.2. The van der Waals surface area contributed by atoms with Crippen molar-refractivity contribution < 1.29 is 0 Å². The van der Waals surface area contributed by atoms with Crippen LogP contribution < -0.4 is 15.6 Å². The minimum Gasteiger partial charge on any atom is -0.148 e. The molecule has 0 aromatic heterocycles. The molecule has 0 N–H and O–H groups in total. The molecule has 0 nitrogen and oxygen atoms in total. The molecule has 0 fully saturated rings. The number of rotatable bonds is 3. The van der Waals surface area contributed by atoms with E-state index in [-0.39, 0.29) is 0 Å². The van der Waals surface area contributed by atoms with Gasteiger partial charge in [0.25, 0.3) is 7.38 Å². The average Bonchev–Trinajstić information content (AvgIpc) is 2.88. The molecule has 0 saturated carbocycles. The molecule has 6 rings (SSSR count). The molecule has 0 atom stereocenters. The van der Waals surface area contributed by atoms with E-state index in [9.17, 15) is 0 Å². The van der Waals surface area contributed by atoms with E-state index in [0.717, 1.165) is 47.9 Å². The van der Waals surface area contributed by atoms with Gasteiger partial charge in [-0.25, -0.2) is 0 Å². The molecule has 0 spiro atoms. The number of hydrogen-bond acceptors (Lipinski definition) is 0. The largest absolute Gasteiger partial charge is 0.254 e. The van der Waals surface area contributed by atoms with Gasteiger partial charge >= 0.3 is 0 Å². The van der Waals surface area contributed by atoms with Crippen LogP contribution in [0.1, 0.15) is 0 Å². The first-order chi connectivity index (χ1) is 17.0. The molecule has 5 heteroatoms. The van der Waals surface area contributed by atoms with Gasteiger partial charge in [0.2, 0.25) is 0 Å². The highest BCUT2D eigenvalue weighted by Crippen LogP contribution is 2.32. The standard InChI is InChI=1S/C30H18Cl4Si/c31-25-16-13-19-7-1-4-10-22(19)28(25)35(34,29-23-11-5-2-8-20(23)14-17-26(29)32)30-24-12-6-3-9-21(24)15-18-27(30)33/h1-18H. The van der Waals surface area contributed by atoms with E-state index in [4.69, 9.17) is 45.9 Å². The van der Waals surface area contributed by atoms with Crippen molar-refractivity contribution >= 4 is 101 Å². The lowest BCUT2D eigenvalue weighted by Gasteiger charge is -2.32. The molecule has 0 heterocycles. The minimum atomic E-state index is -3.43. The van der Waals surface area contributed by atoms with Crippen molar-refractivity contribution in [1.82, 2.24) is 0 Å². The molecule has 170 valence electrons. The van der Waals surface area contributed by atoms with Crippen molar-refractivity contribution in [3.63, 3.8) is 0 Å². The summed E-state index contributed by atoms with van der Waals surface area (Å²) >= 11 is 29.3. The Bertz CT molecular complexity index is 1550. The summed E-state index contributed by atoms with van der Waals surface area (Å²) < 4.78 is 0. The molecule has 0 saturated heterocycles. The fourth-order valence-corrected chi connectivity index (χ4v) is 13.0. The Morgan fingerprint density at radius 2 is 0.657 bits per heavy atom. The minimum absolute atomic E-state index is 0.610. The van der Waals surface area contributed by atoms with Gasteiger partial charge in [-0.2, -0.15) is 0 Å². The van der Waals surface area contributed by atoms with Crippen LogP contribution >= 0.6 is 45.9 Å². The lowest BCUT2D eigenvalue weighted by molar-refractivity contribution is 1.74. The van der Waals surface area contributed by atoms with E-state index in [1.54, 1.807) is 0 Å². The van der Waals surface area contributed by atoms with Crippen molar-refractivity contribution in [3.8, 4) is 0 Å². The Morgan fingerprint density at radius 3 is 0.971 bits per heavy atom. The Hall–Kier alpha value is -2.52. The summed E-state index contributed by atoms with van der Waals surface area (Å²) in [4.78, 5) is 0. The maximum Gasteiger partial charge on any atom is 0.254 e. The summed E-state index contributed by atoms with van der Waals surface area (Å²) in [6.07, 6.45) is 0. The van der Waals surface area contributed by atoms with Crippen molar-refractivity contribution in [3.05, 3.63) is 124 Å². The fourth-order valence-electron chi connectivity index (χ4n) is 5.16. The second-order valence-electron chi connectivity index (χ2n) is 8.59. The van der Waals surface area contributed by atoms with Gasteiger partial charge < -0.3 is 0 Å². The second kappa shape index (κ2) is 8.85. The topological polar surface area (TPSA) is 0 Å². The predicted molar refractivity (Wildman–Crippen MR) is 157 cm³/mol. The van der Waals surface area contributed by atoms with E-state index in [1.165, 1.54) is 0 Å². The summed E-state index contributed by atoms with van der Waals surface area (Å²) in [5.41, 5.74) is 0. The molecule has 0 amide bonds. The van der Waals surface area contributed by atoms with Gasteiger partial charge in [0.1, 0.15) is 0 Å². The van der Waals surface area contributed by atoms with Crippen LogP contribution in [0, 0.1) is 0 Å². The summed E-state index contributed by atoms with van der Waals surface area (Å²) in [6.45, 7) is 0. The number of hydrogen-bond donors (Lipinski definition) is 0. The lowest BCUT2D eigenvalue weighted by atomic mass is 10.1. The smallest absolute Gasteiger partial charge is 0.148 e. The summed E-state index contributed by atoms with van der Waals surface area (Å²) in [6, 6.07) is 36.5. The Labute approximate surface area is 224 Å². The van der Waals surface area contributed by atoms with E-state index in [0.29, 0.717) is 15.1 Å². The van der Waals surface area contributed by atoms with Gasteiger partial charge in [-0.3, -0.25) is 0 Å². The van der Waals surface area contributed by atoms with Crippen LogP contribution in [-0.2, 0) is 0 Å². The highest BCUT2D eigenvalue weighted by atomic mass is 35.6. The van der Waals surface area contributed by atoms with Gasteiger partial charge in [0, 0.05) is 15.1 Å². The number of fused-ring (bicyclic) bond motifs is 3. The first-order valence-electron chi connectivity index (χ1n) is 11.2. The Kier molecular flexibility index (Phi) is 5.79. The Morgan fingerprint density at radius 1 is 0.371 bits per heavy atom. The van der Waals surface area contributed by atoms with Crippen LogP contribution in [0.25, 0.3) is 32.3 Å². The third-order valence-corrected chi connectivity index (χ3v) is 13.5. The molecule has 0 aliphatic rings. The maximum atomic E-state index is 8.15. The van der Waals surface area contributed by atoms with E-state index >= 15 is 0 Å². The molecular formula is C30H18Cl4Si. The predicted octanol–water partition coefficient (Wildman–Crippen LogP) is 8.31. The van der Waals surface area contributed by atoms with Crippen molar-refractivity contribution in [1.29, 1.82) is 0 Å². The van der Waals surface area contributed by atoms with E-state index < -0.39 is 7.38 Å². The first-order valence-corrected chi connectivity index (χ1v) is 15.4. The number of halogens is 4. The Balaban J connectivity index is 1.90. The normalized spacial score (nSPS) is 12.0. The summed E-state index contributed by atoms with van der Waals surface area (Å²) in [5, 5.41) is 10.8. The molecule has 0 unspecified atom stereocenters.